The zero-order valence-corrected chi connectivity index (χ0v) is 14.9. The SMILES string of the molecule is Cc1cc(Nc2cc(C(=O)N3CCOCC3)nc(-c3ccccc3)n2)no1. The molecule has 0 radical (unpaired) electrons. The summed E-state index contributed by atoms with van der Waals surface area (Å²) in [6, 6.07) is 12.9. The minimum atomic E-state index is -0.141. The molecule has 0 unspecified atom stereocenters. The molecule has 2 aromatic heterocycles. The largest absolute Gasteiger partial charge is 0.378 e. The molecule has 1 aromatic carbocycles. The lowest BCUT2D eigenvalue weighted by molar-refractivity contribution is 0.0299. The van der Waals surface area contributed by atoms with E-state index < -0.39 is 0 Å². The van der Waals surface area contributed by atoms with Crippen molar-refractivity contribution in [1.29, 1.82) is 0 Å². The van der Waals surface area contributed by atoms with E-state index in [1.165, 1.54) is 0 Å². The van der Waals surface area contributed by atoms with Gasteiger partial charge in [-0.25, -0.2) is 9.97 Å². The van der Waals surface area contributed by atoms with Crippen LogP contribution >= 0.6 is 0 Å². The van der Waals surface area contributed by atoms with Gasteiger partial charge in [0, 0.05) is 30.8 Å². The van der Waals surface area contributed by atoms with Crippen LogP contribution in [0.2, 0.25) is 0 Å². The molecule has 0 atom stereocenters. The normalized spacial score (nSPS) is 14.2. The molecule has 8 heteroatoms. The van der Waals surface area contributed by atoms with Crippen LogP contribution in [0.5, 0.6) is 0 Å². The number of hydrogen-bond donors (Lipinski definition) is 1. The zero-order chi connectivity index (χ0) is 18.6. The van der Waals surface area contributed by atoms with Crippen LogP contribution in [0.15, 0.2) is 47.0 Å². The monoisotopic (exact) mass is 365 g/mol. The summed E-state index contributed by atoms with van der Waals surface area (Å²) in [7, 11) is 0. The Kier molecular flexibility index (Phi) is 4.80. The van der Waals surface area contributed by atoms with E-state index in [0.717, 1.165) is 5.56 Å². The summed E-state index contributed by atoms with van der Waals surface area (Å²) in [4.78, 5) is 23.7. The number of hydrogen-bond acceptors (Lipinski definition) is 7. The summed E-state index contributed by atoms with van der Waals surface area (Å²) in [6.45, 7) is 3.97. The third-order valence-electron chi connectivity index (χ3n) is 4.16. The molecule has 27 heavy (non-hydrogen) atoms. The molecule has 3 aromatic rings. The summed E-state index contributed by atoms with van der Waals surface area (Å²) in [6.07, 6.45) is 0. The molecule has 1 N–H and O–H groups in total. The summed E-state index contributed by atoms with van der Waals surface area (Å²) in [5.41, 5.74) is 1.15. The number of ether oxygens (including phenoxy) is 1. The fourth-order valence-corrected chi connectivity index (χ4v) is 2.82. The lowest BCUT2D eigenvalue weighted by atomic mass is 10.2. The van der Waals surface area contributed by atoms with Crippen molar-refractivity contribution in [1.82, 2.24) is 20.0 Å². The molecule has 1 saturated heterocycles. The maximum Gasteiger partial charge on any atom is 0.272 e. The van der Waals surface area contributed by atoms with E-state index in [2.05, 4.69) is 20.4 Å². The highest BCUT2D eigenvalue weighted by Gasteiger charge is 2.21. The third kappa shape index (κ3) is 3.95. The molecule has 4 rings (SSSR count). The molecule has 0 spiro atoms. The number of amides is 1. The van der Waals surface area contributed by atoms with E-state index in [9.17, 15) is 4.79 Å². The van der Waals surface area contributed by atoms with E-state index >= 15 is 0 Å². The van der Waals surface area contributed by atoms with E-state index in [4.69, 9.17) is 9.26 Å². The Morgan fingerprint density at radius 2 is 1.85 bits per heavy atom. The van der Waals surface area contributed by atoms with Gasteiger partial charge in [0.05, 0.1) is 13.2 Å². The summed E-state index contributed by atoms with van der Waals surface area (Å²) in [5.74, 6) is 2.01. The average Bonchev–Trinajstić information content (AvgIpc) is 3.13. The lowest BCUT2D eigenvalue weighted by Gasteiger charge is -2.26. The lowest BCUT2D eigenvalue weighted by Crippen LogP contribution is -2.41. The van der Waals surface area contributed by atoms with Crippen molar-refractivity contribution in [2.45, 2.75) is 6.92 Å². The van der Waals surface area contributed by atoms with Crippen molar-refractivity contribution in [2.75, 3.05) is 31.6 Å². The number of aromatic nitrogens is 3. The molecule has 1 amide bonds. The average molecular weight is 365 g/mol. The Hall–Kier alpha value is -3.26. The van der Waals surface area contributed by atoms with E-state index in [-0.39, 0.29) is 5.91 Å². The molecule has 1 aliphatic rings. The van der Waals surface area contributed by atoms with Gasteiger partial charge in [0.25, 0.3) is 5.91 Å². The Bertz CT molecular complexity index is 936. The van der Waals surface area contributed by atoms with E-state index in [1.54, 1.807) is 24.0 Å². The van der Waals surface area contributed by atoms with Gasteiger partial charge in [-0.05, 0) is 6.92 Å². The topological polar surface area (TPSA) is 93.4 Å². The van der Waals surface area contributed by atoms with E-state index in [0.29, 0.717) is 55.2 Å². The van der Waals surface area contributed by atoms with Crippen molar-refractivity contribution >= 4 is 17.5 Å². The van der Waals surface area contributed by atoms with Crippen molar-refractivity contribution < 1.29 is 14.1 Å². The number of carbonyl (C=O) groups is 1. The van der Waals surface area contributed by atoms with Crippen molar-refractivity contribution in [3.8, 4) is 11.4 Å². The van der Waals surface area contributed by atoms with Gasteiger partial charge in [-0.2, -0.15) is 0 Å². The molecule has 8 nitrogen and oxygen atoms in total. The first-order valence-corrected chi connectivity index (χ1v) is 8.71. The summed E-state index contributed by atoms with van der Waals surface area (Å²) in [5, 5.41) is 7.00. The molecule has 138 valence electrons. The van der Waals surface area contributed by atoms with Gasteiger partial charge in [-0.3, -0.25) is 4.79 Å². The highest BCUT2D eigenvalue weighted by Crippen LogP contribution is 2.21. The predicted octanol–water partition coefficient (Wildman–Crippen LogP) is 2.66. The second kappa shape index (κ2) is 7.55. The molecule has 0 aliphatic carbocycles. The van der Waals surface area contributed by atoms with Gasteiger partial charge in [0.15, 0.2) is 11.6 Å². The van der Waals surface area contributed by atoms with Crippen molar-refractivity contribution in [3.05, 3.63) is 53.9 Å². The number of morpholine rings is 1. The molecular weight excluding hydrogens is 346 g/mol. The van der Waals surface area contributed by atoms with Crippen LogP contribution in [0.25, 0.3) is 11.4 Å². The second-order valence-electron chi connectivity index (χ2n) is 6.18. The van der Waals surface area contributed by atoms with Crippen LogP contribution in [-0.4, -0.2) is 52.2 Å². The maximum absolute atomic E-state index is 12.9. The Morgan fingerprint density at radius 1 is 1.07 bits per heavy atom. The number of aryl methyl sites for hydroxylation is 1. The van der Waals surface area contributed by atoms with Gasteiger partial charge in [0.2, 0.25) is 0 Å². The Balaban J connectivity index is 1.70. The molecule has 0 bridgehead atoms. The van der Waals surface area contributed by atoms with Crippen LogP contribution in [0.4, 0.5) is 11.6 Å². The maximum atomic E-state index is 12.9. The molecular formula is C19H19N5O3. The Labute approximate surface area is 156 Å². The Morgan fingerprint density at radius 3 is 2.56 bits per heavy atom. The highest BCUT2D eigenvalue weighted by atomic mass is 16.5. The highest BCUT2D eigenvalue weighted by molar-refractivity contribution is 5.93. The predicted molar refractivity (Wildman–Crippen MR) is 98.7 cm³/mol. The first kappa shape index (κ1) is 17.2. The first-order valence-electron chi connectivity index (χ1n) is 8.71. The number of carbonyl (C=O) groups excluding carboxylic acids is 1. The van der Waals surface area contributed by atoms with Gasteiger partial charge < -0.3 is 19.5 Å². The number of anilines is 2. The van der Waals surface area contributed by atoms with Crippen LogP contribution < -0.4 is 5.32 Å². The molecule has 3 heterocycles. The van der Waals surface area contributed by atoms with Crippen molar-refractivity contribution in [2.24, 2.45) is 0 Å². The smallest absolute Gasteiger partial charge is 0.272 e. The molecule has 0 saturated carbocycles. The van der Waals surface area contributed by atoms with Gasteiger partial charge in [-0.1, -0.05) is 35.5 Å². The third-order valence-corrected chi connectivity index (χ3v) is 4.16. The van der Waals surface area contributed by atoms with Crippen LogP contribution in [0, 0.1) is 6.92 Å². The van der Waals surface area contributed by atoms with Gasteiger partial charge in [0.1, 0.15) is 17.3 Å². The van der Waals surface area contributed by atoms with Crippen LogP contribution in [-0.2, 0) is 4.74 Å². The number of rotatable bonds is 4. The first-order chi connectivity index (χ1) is 13.2. The standard InChI is InChI=1S/C19H19N5O3/c1-13-11-17(23-27-13)21-16-12-15(19(25)24-7-9-26-10-8-24)20-18(22-16)14-5-3-2-4-6-14/h2-6,11-12H,7-10H2,1H3,(H,20,21,22,23). The summed E-state index contributed by atoms with van der Waals surface area (Å²) < 4.78 is 10.4. The van der Waals surface area contributed by atoms with Crippen LogP contribution in [0.3, 0.4) is 0 Å². The number of nitrogens with zero attached hydrogens (tertiary/aromatic N) is 4. The zero-order valence-electron chi connectivity index (χ0n) is 14.9. The number of benzene rings is 1. The van der Waals surface area contributed by atoms with Crippen molar-refractivity contribution in [3.63, 3.8) is 0 Å². The molecule has 1 aliphatic heterocycles. The second-order valence-corrected chi connectivity index (χ2v) is 6.18. The molecule has 1 fully saturated rings. The fraction of sp³-hybridized carbons (Fsp3) is 0.263. The number of nitrogens with one attached hydrogen (secondary N) is 1. The van der Waals surface area contributed by atoms with Crippen LogP contribution in [0.1, 0.15) is 16.2 Å². The minimum absolute atomic E-state index is 0.141. The van der Waals surface area contributed by atoms with Gasteiger partial charge >= 0.3 is 0 Å². The van der Waals surface area contributed by atoms with E-state index in [1.807, 2.05) is 30.3 Å². The van der Waals surface area contributed by atoms with Gasteiger partial charge in [-0.15, -0.1) is 0 Å². The fourth-order valence-electron chi connectivity index (χ4n) is 2.82. The quantitative estimate of drug-likeness (QED) is 0.759. The minimum Gasteiger partial charge on any atom is -0.378 e. The summed E-state index contributed by atoms with van der Waals surface area (Å²) >= 11 is 0.